The van der Waals surface area contributed by atoms with Gasteiger partial charge in [0.2, 0.25) is 0 Å². The highest BCUT2D eigenvalue weighted by Crippen LogP contribution is 2.30. The van der Waals surface area contributed by atoms with Crippen molar-refractivity contribution >= 4 is 11.7 Å². The summed E-state index contributed by atoms with van der Waals surface area (Å²) in [6.07, 6.45) is 7.44. The fourth-order valence-corrected chi connectivity index (χ4v) is 1.89. The molecule has 0 radical (unpaired) electrons. The Kier molecular flexibility index (Phi) is 2.62. The summed E-state index contributed by atoms with van der Waals surface area (Å²) in [4.78, 5) is 14.9. The first kappa shape index (κ1) is 10.6. The number of allylic oxidation sites excluding steroid dienone is 4. The number of nitrogens with two attached hydrogens (primary N) is 2. The molecule has 1 aliphatic heterocycles. The average Bonchev–Trinajstić information content (AvgIpc) is 2.63. The van der Waals surface area contributed by atoms with Gasteiger partial charge in [-0.15, -0.1) is 0 Å². The van der Waals surface area contributed by atoms with Crippen LogP contribution in [0.25, 0.3) is 0 Å². The molecule has 0 bridgehead atoms. The van der Waals surface area contributed by atoms with Crippen molar-refractivity contribution < 1.29 is 9.90 Å². The number of carbonyl (C=O) groups is 1. The first-order valence-electron chi connectivity index (χ1n) is 4.98. The third kappa shape index (κ3) is 1.77. The Morgan fingerprint density at radius 1 is 1.62 bits per heavy atom. The van der Waals surface area contributed by atoms with Crippen molar-refractivity contribution in [3.05, 3.63) is 35.7 Å². The molecule has 0 aromatic heterocycles. The van der Waals surface area contributed by atoms with Crippen molar-refractivity contribution in [1.82, 2.24) is 0 Å². The molecule has 0 saturated carbocycles. The Labute approximate surface area is 92.8 Å². The van der Waals surface area contributed by atoms with E-state index in [1.54, 1.807) is 12.3 Å². The minimum absolute atomic E-state index is 0.0876. The third-order valence-corrected chi connectivity index (χ3v) is 2.71. The van der Waals surface area contributed by atoms with Crippen LogP contribution in [0, 0.1) is 5.92 Å². The van der Waals surface area contributed by atoms with Crippen LogP contribution in [0.15, 0.2) is 40.7 Å². The summed E-state index contributed by atoms with van der Waals surface area (Å²) in [7, 11) is 0. The zero-order valence-corrected chi connectivity index (χ0v) is 8.63. The molecule has 0 aromatic rings. The molecule has 0 saturated heterocycles. The monoisotopic (exact) mass is 219 g/mol. The van der Waals surface area contributed by atoms with Gasteiger partial charge < -0.3 is 16.6 Å². The van der Waals surface area contributed by atoms with Crippen LogP contribution in [0.1, 0.15) is 6.42 Å². The molecule has 1 aliphatic carbocycles. The van der Waals surface area contributed by atoms with E-state index in [0.29, 0.717) is 5.70 Å². The molecular formula is C11H13N3O2. The quantitative estimate of drug-likeness (QED) is 0.629. The largest absolute Gasteiger partial charge is 0.480 e. The van der Waals surface area contributed by atoms with Crippen LogP contribution in [0.3, 0.4) is 0 Å². The molecule has 5 N–H and O–H groups in total. The number of nitrogens with zero attached hydrogens (tertiary/aromatic N) is 1. The number of aliphatic carboxylic acids is 1. The number of hydrogen-bond acceptors (Lipinski definition) is 4. The maximum Gasteiger partial charge on any atom is 0.320 e. The molecule has 2 atom stereocenters. The number of carboxylic acids is 1. The van der Waals surface area contributed by atoms with Gasteiger partial charge >= 0.3 is 5.97 Å². The molecule has 0 spiro atoms. The topological polar surface area (TPSA) is 102 Å². The molecule has 0 amide bonds. The maximum atomic E-state index is 10.7. The predicted molar refractivity (Wildman–Crippen MR) is 60.6 cm³/mol. The fourth-order valence-electron chi connectivity index (χ4n) is 1.89. The zero-order chi connectivity index (χ0) is 11.7. The van der Waals surface area contributed by atoms with Gasteiger partial charge in [0.1, 0.15) is 6.04 Å². The van der Waals surface area contributed by atoms with E-state index in [-0.39, 0.29) is 12.3 Å². The lowest BCUT2D eigenvalue weighted by Crippen LogP contribution is -2.32. The highest BCUT2D eigenvalue weighted by molar-refractivity contribution is 6.04. The normalized spacial score (nSPS) is 24.3. The Morgan fingerprint density at radius 3 is 3.06 bits per heavy atom. The fraction of sp³-hybridized carbons (Fsp3) is 0.273. The van der Waals surface area contributed by atoms with E-state index in [9.17, 15) is 4.79 Å². The van der Waals surface area contributed by atoms with E-state index in [0.717, 1.165) is 11.3 Å². The lowest BCUT2D eigenvalue weighted by Gasteiger charge is -2.19. The highest BCUT2D eigenvalue weighted by atomic mass is 16.4. The molecule has 0 aromatic carbocycles. The van der Waals surface area contributed by atoms with Crippen LogP contribution < -0.4 is 11.5 Å². The lowest BCUT2D eigenvalue weighted by atomic mass is 9.87. The summed E-state index contributed by atoms with van der Waals surface area (Å²) in [6, 6.07) is -0.903. The molecule has 16 heavy (non-hydrogen) atoms. The first-order chi connectivity index (χ1) is 7.59. The van der Waals surface area contributed by atoms with Crippen LogP contribution >= 0.6 is 0 Å². The first-order valence-corrected chi connectivity index (χ1v) is 4.98. The van der Waals surface area contributed by atoms with Crippen molar-refractivity contribution in [3.8, 4) is 0 Å². The maximum absolute atomic E-state index is 10.7. The van der Waals surface area contributed by atoms with E-state index < -0.39 is 12.0 Å². The Hall–Kier alpha value is -1.88. The molecule has 2 aliphatic rings. The molecule has 84 valence electrons. The molecule has 5 heteroatoms. The zero-order valence-electron chi connectivity index (χ0n) is 8.63. The van der Waals surface area contributed by atoms with Crippen LogP contribution in [-0.2, 0) is 4.79 Å². The Morgan fingerprint density at radius 2 is 2.38 bits per heavy atom. The van der Waals surface area contributed by atoms with Gasteiger partial charge in [-0.25, -0.2) is 0 Å². The standard InChI is InChI=1S/C11H13N3O2/c12-7-2-1-3-9-10(7)6(5-14-9)4-8(13)11(15)16/h1-3,5,8,10H,4,12-13H2,(H,15,16)/t8-,10?/m0/s1. The molecular weight excluding hydrogens is 206 g/mol. The Balaban J connectivity index is 2.13. The van der Waals surface area contributed by atoms with Crippen LogP contribution in [0.2, 0.25) is 0 Å². The van der Waals surface area contributed by atoms with E-state index in [1.165, 1.54) is 0 Å². The summed E-state index contributed by atoms with van der Waals surface area (Å²) < 4.78 is 0. The van der Waals surface area contributed by atoms with Gasteiger partial charge in [0.25, 0.3) is 0 Å². The molecule has 0 fully saturated rings. The number of hydrogen-bond donors (Lipinski definition) is 3. The third-order valence-electron chi connectivity index (χ3n) is 2.71. The number of aliphatic imine (C=N–C) groups is 1. The van der Waals surface area contributed by atoms with E-state index in [1.807, 2.05) is 12.2 Å². The number of carboxylic acid groups (broad SMARTS) is 1. The SMILES string of the molecule is NC1=CC=CC2=NC=C(C[C@H](N)C(=O)O)C12. The summed E-state index contributed by atoms with van der Waals surface area (Å²) in [5.74, 6) is -1.10. The second-order valence-corrected chi connectivity index (χ2v) is 3.87. The van der Waals surface area contributed by atoms with Gasteiger partial charge in [0.05, 0.1) is 11.6 Å². The highest BCUT2D eigenvalue weighted by Gasteiger charge is 2.29. The van der Waals surface area contributed by atoms with Gasteiger partial charge in [-0.1, -0.05) is 6.08 Å². The summed E-state index contributed by atoms with van der Waals surface area (Å²) in [5.41, 5.74) is 13.8. The average molecular weight is 219 g/mol. The second kappa shape index (κ2) is 3.94. The van der Waals surface area contributed by atoms with Crippen LogP contribution in [0.5, 0.6) is 0 Å². The van der Waals surface area contributed by atoms with Crippen molar-refractivity contribution in [2.75, 3.05) is 0 Å². The van der Waals surface area contributed by atoms with Crippen LogP contribution in [0.4, 0.5) is 0 Å². The van der Waals surface area contributed by atoms with Crippen molar-refractivity contribution in [3.63, 3.8) is 0 Å². The molecule has 1 unspecified atom stereocenters. The van der Waals surface area contributed by atoms with Crippen molar-refractivity contribution in [1.29, 1.82) is 0 Å². The number of fused-ring (bicyclic) bond motifs is 1. The van der Waals surface area contributed by atoms with Gasteiger partial charge in [-0.3, -0.25) is 9.79 Å². The Bertz CT molecular complexity index is 446. The predicted octanol–water partition coefficient (Wildman–Crippen LogP) is 0.156. The van der Waals surface area contributed by atoms with Crippen molar-refractivity contribution in [2.45, 2.75) is 12.5 Å². The van der Waals surface area contributed by atoms with E-state index in [2.05, 4.69) is 4.99 Å². The summed E-state index contributed by atoms with van der Waals surface area (Å²) in [5, 5.41) is 8.75. The minimum atomic E-state index is -1.01. The second-order valence-electron chi connectivity index (χ2n) is 3.87. The number of rotatable bonds is 3. The van der Waals surface area contributed by atoms with Gasteiger partial charge in [-0.2, -0.15) is 0 Å². The van der Waals surface area contributed by atoms with Gasteiger partial charge in [0.15, 0.2) is 0 Å². The molecule has 5 nitrogen and oxygen atoms in total. The lowest BCUT2D eigenvalue weighted by molar-refractivity contribution is -0.138. The van der Waals surface area contributed by atoms with E-state index >= 15 is 0 Å². The van der Waals surface area contributed by atoms with Crippen LogP contribution in [-0.4, -0.2) is 22.8 Å². The van der Waals surface area contributed by atoms with Gasteiger partial charge in [0, 0.05) is 11.9 Å². The summed E-state index contributed by atoms with van der Waals surface area (Å²) in [6.45, 7) is 0. The van der Waals surface area contributed by atoms with Gasteiger partial charge in [-0.05, 0) is 24.1 Å². The molecule has 1 heterocycles. The molecule has 2 rings (SSSR count). The summed E-state index contributed by atoms with van der Waals surface area (Å²) >= 11 is 0. The smallest absolute Gasteiger partial charge is 0.320 e. The van der Waals surface area contributed by atoms with Crippen molar-refractivity contribution in [2.24, 2.45) is 22.4 Å². The van der Waals surface area contributed by atoms with E-state index in [4.69, 9.17) is 16.6 Å². The minimum Gasteiger partial charge on any atom is -0.480 e.